The van der Waals surface area contributed by atoms with Gasteiger partial charge in [0.1, 0.15) is 6.61 Å². The smallest absolute Gasteiger partial charge is 0.308 e. The van der Waals surface area contributed by atoms with Crippen LogP contribution in [0, 0.1) is 5.92 Å². The minimum Gasteiger partial charge on any atom is -0.461 e. The fourth-order valence-corrected chi connectivity index (χ4v) is 0.494. The van der Waals surface area contributed by atoms with Crippen molar-refractivity contribution in [1.82, 2.24) is 0 Å². The maximum atomic E-state index is 11.3. The van der Waals surface area contributed by atoms with E-state index in [1.807, 2.05) is 19.9 Å². The highest BCUT2D eigenvalue weighted by molar-refractivity contribution is 5.72. The quantitative estimate of drug-likeness (QED) is 0.482. The molecule has 0 rings (SSSR count). The van der Waals surface area contributed by atoms with E-state index in [0.29, 0.717) is 0 Å². The van der Waals surface area contributed by atoms with Crippen LogP contribution in [0.5, 0.6) is 0 Å². The van der Waals surface area contributed by atoms with Crippen molar-refractivity contribution in [3.05, 3.63) is 11.6 Å². The summed E-state index contributed by atoms with van der Waals surface area (Å²) in [6.45, 7) is 3.44. The van der Waals surface area contributed by atoms with E-state index in [-0.39, 0.29) is 13.0 Å². The molecular formula is C10H18O2. The number of rotatable bonds is 4. The first-order valence-corrected chi connectivity index (χ1v) is 4.04. The van der Waals surface area contributed by atoms with E-state index >= 15 is 0 Å². The van der Waals surface area contributed by atoms with Gasteiger partial charge in [0.2, 0.25) is 0 Å². The molecule has 0 aromatic carbocycles. The second kappa shape index (κ2) is 5.81. The van der Waals surface area contributed by atoms with Crippen molar-refractivity contribution in [2.75, 3.05) is 6.61 Å². The fraction of sp³-hybridized carbons (Fsp3) is 0.700. The Kier molecular flexibility index (Phi) is 3.24. The van der Waals surface area contributed by atoms with Crippen LogP contribution in [0.3, 0.4) is 0 Å². The van der Waals surface area contributed by atoms with Gasteiger partial charge in [0.05, 0.1) is 5.92 Å². The van der Waals surface area contributed by atoms with E-state index in [1.54, 1.807) is 6.92 Å². The normalized spacial score (nSPS) is 18.9. The fourth-order valence-electron chi connectivity index (χ4n) is 0.494. The molecule has 0 heterocycles. The van der Waals surface area contributed by atoms with Gasteiger partial charge in [-0.25, -0.2) is 0 Å². The Labute approximate surface area is 78.8 Å². The number of ether oxygens (including phenoxy) is 1. The Morgan fingerprint density at radius 2 is 2.42 bits per heavy atom. The average molecular weight is 173 g/mol. The summed E-state index contributed by atoms with van der Waals surface area (Å²) in [4.78, 5) is 11.3. The molecule has 0 saturated carbocycles. The van der Waals surface area contributed by atoms with Gasteiger partial charge in [-0.2, -0.15) is 0 Å². The molecule has 0 N–H and O–H groups in total. The van der Waals surface area contributed by atoms with Gasteiger partial charge in [-0.15, -0.1) is 0 Å². The number of carbonyl (C=O) groups is 1. The number of allylic oxidation sites excluding steroid dienone is 1. The highest BCUT2D eigenvalue weighted by Gasteiger charge is 2.11. The van der Waals surface area contributed by atoms with Crippen LogP contribution in [0.1, 0.15) is 38.2 Å². The van der Waals surface area contributed by atoms with Crippen LogP contribution in [0.15, 0.2) is 11.6 Å². The molecule has 2 nitrogen and oxygen atoms in total. The molecule has 0 amide bonds. The first-order chi connectivity index (χ1) is 6.76. The van der Waals surface area contributed by atoms with Crippen LogP contribution in [0.2, 0.25) is 0 Å². The van der Waals surface area contributed by atoms with Gasteiger partial charge in [0.15, 0.2) is 0 Å². The van der Waals surface area contributed by atoms with Gasteiger partial charge in [-0.1, -0.05) is 19.9 Å². The van der Waals surface area contributed by atoms with Crippen molar-refractivity contribution < 1.29 is 13.6 Å². The van der Waals surface area contributed by atoms with Crippen molar-refractivity contribution in [3.63, 3.8) is 0 Å². The van der Waals surface area contributed by atoms with Crippen LogP contribution in [0.25, 0.3) is 0 Å². The summed E-state index contributed by atoms with van der Waals surface area (Å²) < 4.78 is 26.0. The summed E-state index contributed by atoms with van der Waals surface area (Å²) >= 11 is 0. The van der Waals surface area contributed by atoms with Gasteiger partial charge in [0, 0.05) is 4.11 Å². The highest BCUT2D eigenvalue weighted by Crippen LogP contribution is 2.04. The summed E-state index contributed by atoms with van der Waals surface area (Å²) in [7, 11) is 0. The molecule has 0 spiro atoms. The summed E-state index contributed by atoms with van der Waals surface area (Å²) in [5.41, 5.74) is 0.949. The molecular weight excluding hydrogens is 152 g/mol. The van der Waals surface area contributed by atoms with Crippen molar-refractivity contribution in [1.29, 1.82) is 0 Å². The molecule has 12 heavy (non-hydrogen) atoms. The second-order valence-electron chi connectivity index (χ2n) is 2.85. The van der Waals surface area contributed by atoms with Crippen molar-refractivity contribution in [2.24, 2.45) is 5.92 Å². The number of carbonyl (C=O) groups excluding carboxylic acids is 1. The van der Waals surface area contributed by atoms with E-state index < -0.39 is 18.7 Å². The van der Waals surface area contributed by atoms with Gasteiger partial charge in [-0.3, -0.25) is 4.79 Å². The predicted molar refractivity (Wildman–Crippen MR) is 49.8 cm³/mol. The lowest BCUT2D eigenvalue weighted by molar-refractivity contribution is -0.147. The Hall–Kier alpha value is -0.790. The van der Waals surface area contributed by atoms with Crippen LogP contribution in [-0.2, 0) is 9.53 Å². The third-order valence-corrected chi connectivity index (χ3v) is 1.64. The average Bonchev–Trinajstić information content (AvgIpc) is 2.10. The van der Waals surface area contributed by atoms with Gasteiger partial charge in [0.25, 0.3) is 0 Å². The summed E-state index contributed by atoms with van der Waals surface area (Å²) in [6.07, 6.45) is 1.71. The molecule has 1 atom stereocenters. The zero-order valence-corrected chi connectivity index (χ0v) is 7.89. The summed E-state index contributed by atoms with van der Waals surface area (Å²) in [5, 5.41) is 0. The van der Waals surface area contributed by atoms with E-state index in [1.165, 1.54) is 0 Å². The first kappa shape index (κ1) is 6.70. The maximum Gasteiger partial charge on any atom is 0.308 e. The minimum atomic E-state index is -2.08. The molecule has 0 aliphatic carbocycles. The lowest BCUT2D eigenvalue weighted by Crippen LogP contribution is -2.14. The molecule has 0 saturated heterocycles. The molecule has 0 fully saturated rings. The zero-order chi connectivity index (χ0) is 12.1. The molecule has 2 heteroatoms. The van der Waals surface area contributed by atoms with Crippen molar-refractivity contribution in [2.45, 2.75) is 34.0 Å². The minimum absolute atomic E-state index is 0.138. The van der Waals surface area contributed by atoms with Crippen LogP contribution in [0.4, 0.5) is 0 Å². The van der Waals surface area contributed by atoms with Crippen molar-refractivity contribution >= 4 is 5.97 Å². The summed E-state index contributed by atoms with van der Waals surface area (Å²) in [6, 6.07) is 0. The number of hydrogen-bond donors (Lipinski definition) is 0. The van der Waals surface area contributed by atoms with Crippen LogP contribution < -0.4 is 0 Å². The molecule has 0 bridgehead atoms. The lowest BCUT2D eigenvalue weighted by Gasteiger charge is -2.08. The van der Waals surface area contributed by atoms with E-state index in [0.717, 1.165) is 5.57 Å². The number of hydrogen-bond acceptors (Lipinski definition) is 2. The standard InChI is InChI=1S/C10H18O2/c1-5-8(3)7-12-10(11)9(4)6-2/h5,9H,6-7H2,1-4H3/b8-5+/i2D3. The van der Waals surface area contributed by atoms with E-state index in [9.17, 15) is 4.79 Å². The lowest BCUT2D eigenvalue weighted by atomic mass is 10.1. The molecule has 0 radical (unpaired) electrons. The molecule has 1 unspecified atom stereocenters. The Balaban J connectivity index is 4.01. The second-order valence-corrected chi connectivity index (χ2v) is 2.85. The number of esters is 1. The summed E-state index contributed by atoms with van der Waals surface area (Å²) in [5.74, 6) is -1.03. The third-order valence-electron chi connectivity index (χ3n) is 1.64. The van der Waals surface area contributed by atoms with E-state index in [4.69, 9.17) is 8.85 Å². The molecule has 0 aliphatic heterocycles. The molecule has 0 aromatic rings. The van der Waals surface area contributed by atoms with Gasteiger partial charge in [-0.05, 0) is 25.8 Å². The predicted octanol–water partition coefficient (Wildman–Crippen LogP) is 2.54. The monoisotopic (exact) mass is 173 g/mol. The van der Waals surface area contributed by atoms with Crippen molar-refractivity contribution in [3.8, 4) is 0 Å². The topological polar surface area (TPSA) is 26.3 Å². The molecule has 0 aliphatic rings. The van der Waals surface area contributed by atoms with Crippen LogP contribution >= 0.6 is 0 Å². The highest BCUT2D eigenvalue weighted by atomic mass is 16.5. The Bertz CT molecular complexity index is 244. The SMILES string of the molecule is [2H]C([2H])([2H])CC(C)C(=O)OC/C(C)=C/C. The Morgan fingerprint density at radius 1 is 1.75 bits per heavy atom. The van der Waals surface area contributed by atoms with Crippen LogP contribution in [-0.4, -0.2) is 12.6 Å². The van der Waals surface area contributed by atoms with E-state index in [2.05, 4.69) is 0 Å². The maximum absolute atomic E-state index is 11.3. The largest absolute Gasteiger partial charge is 0.461 e. The molecule has 0 aromatic heterocycles. The Morgan fingerprint density at radius 3 is 2.92 bits per heavy atom. The third kappa shape index (κ3) is 4.16. The zero-order valence-electron chi connectivity index (χ0n) is 10.9. The van der Waals surface area contributed by atoms with Gasteiger partial charge >= 0.3 is 5.97 Å². The first-order valence-electron chi connectivity index (χ1n) is 5.54. The van der Waals surface area contributed by atoms with Gasteiger partial charge < -0.3 is 4.74 Å². The molecule has 70 valence electrons.